The third-order valence-corrected chi connectivity index (χ3v) is 15.4. The van der Waals surface area contributed by atoms with Gasteiger partial charge in [-0.2, -0.15) is 4.68 Å². The van der Waals surface area contributed by atoms with Crippen LogP contribution in [0.1, 0.15) is 37.1 Å². The molecular formula is C54H55Cl5F2N12O6. The minimum atomic E-state index is -0.828. The highest BCUT2D eigenvalue weighted by Crippen LogP contribution is 2.40. The van der Waals surface area contributed by atoms with E-state index in [1.165, 1.54) is 50.9 Å². The molecule has 416 valence electrons. The van der Waals surface area contributed by atoms with Crippen molar-refractivity contribution in [2.45, 2.75) is 25.9 Å². The lowest BCUT2D eigenvalue weighted by atomic mass is 9.94. The van der Waals surface area contributed by atoms with E-state index in [9.17, 15) is 37.5 Å². The Morgan fingerprint density at radius 1 is 0.544 bits per heavy atom. The summed E-state index contributed by atoms with van der Waals surface area (Å²) in [6.45, 7) is 7.86. The van der Waals surface area contributed by atoms with E-state index in [0.29, 0.717) is 107 Å². The molecular weight excluding hydrogens is 1130 g/mol. The van der Waals surface area contributed by atoms with Gasteiger partial charge in [-0.05, 0) is 109 Å². The number of allylic oxidation sites excluding steroid dienone is 2. The normalized spacial score (nSPS) is 16.8. The molecule has 4 aliphatic rings. The molecule has 25 heteroatoms. The number of aromatic nitrogens is 4. The van der Waals surface area contributed by atoms with Crippen LogP contribution in [0.15, 0.2) is 129 Å². The maximum absolute atomic E-state index is 14.1. The third-order valence-electron chi connectivity index (χ3n) is 13.6. The van der Waals surface area contributed by atoms with Crippen molar-refractivity contribution in [3.8, 4) is 0 Å². The summed E-state index contributed by atoms with van der Waals surface area (Å²) in [4.78, 5) is 86.3. The lowest BCUT2D eigenvalue weighted by Crippen LogP contribution is -2.50. The highest BCUT2D eigenvalue weighted by atomic mass is 35.5. The number of aromatic amines is 1. The molecule has 6 heterocycles. The second-order valence-corrected chi connectivity index (χ2v) is 21.2. The van der Waals surface area contributed by atoms with Gasteiger partial charge in [-0.25, -0.2) is 18.3 Å². The van der Waals surface area contributed by atoms with Gasteiger partial charge in [0.25, 0.3) is 22.9 Å². The molecule has 2 unspecified atom stereocenters. The van der Waals surface area contributed by atoms with Crippen LogP contribution < -0.4 is 31.6 Å². The van der Waals surface area contributed by atoms with Gasteiger partial charge in [-0.15, -0.1) is 0 Å². The number of carbonyl (C=O) groups is 4. The second-order valence-electron chi connectivity index (χ2n) is 19.2. The number of halogens is 7. The number of benzene rings is 4. The van der Waals surface area contributed by atoms with Crippen molar-refractivity contribution >= 4 is 104 Å². The first kappa shape index (κ1) is 57.9. The van der Waals surface area contributed by atoms with E-state index in [1.54, 1.807) is 110 Å². The number of anilines is 4. The predicted molar refractivity (Wildman–Crippen MR) is 305 cm³/mol. The molecule has 0 bridgehead atoms. The summed E-state index contributed by atoms with van der Waals surface area (Å²) in [5.74, 6) is 0.00692. The molecule has 2 fully saturated rings. The number of piperazine rings is 2. The van der Waals surface area contributed by atoms with Crippen molar-refractivity contribution in [3.63, 3.8) is 0 Å². The van der Waals surface area contributed by atoms with Crippen LogP contribution in [0.4, 0.5) is 41.4 Å². The number of carbonyl (C=O) groups excluding carboxylic acids is 4. The molecule has 2 atom stereocenters. The summed E-state index contributed by atoms with van der Waals surface area (Å²) < 4.78 is 30.8. The maximum atomic E-state index is 14.1. The van der Waals surface area contributed by atoms with Crippen LogP contribution in [0, 0.1) is 11.6 Å². The fourth-order valence-corrected chi connectivity index (χ4v) is 10.2. The van der Waals surface area contributed by atoms with Gasteiger partial charge in [0.15, 0.2) is 0 Å². The molecule has 10 rings (SSSR count). The number of nitrogens with one attached hydrogen (secondary N) is 3. The molecule has 0 spiro atoms. The van der Waals surface area contributed by atoms with Crippen LogP contribution in [0.3, 0.4) is 0 Å². The van der Waals surface area contributed by atoms with Gasteiger partial charge in [0, 0.05) is 115 Å². The van der Waals surface area contributed by atoms with E-state index in [0.717, 1.165) is 21.6 Å². The van der Waals surface area contributed by atoms with Gasteiger partial charge in [0.2, 0.25) is 0 Å². The van der Waals surface area contributed by atoms with Crippen molar-refractivity contribution in [2.24, 2.45) is 0 Å². The van der Waals surface area contributed by atoms with Crippen LogP contribution in [-0.4, -0.2) is 143 Å². The number of H-pyrrole nitrogens is 1. The molecule has 18 nitrogen and oxygen atoms in total. The Kier molecular flexibility index (Phi) is 17.9. The molecule has 0 aliphatic carbocycles. The Bertz CT molecular complexity index is 3490. The van der Waals surface area contributed by atoms with Gasteiger partial charge in [0.1, 0.15) is 35.4 Å². The van der Waals surface area contributed by atoms with Gasteiger partial charge in [0.05, 0.1) is 31.2 Å². The summed E-state index contributed by atoms with van der Waals surface area (Å²) in [7, 11) is 6.28. The van der Waals surface area contributed by atoms with E-state index in [1.807, 2.05) is 6.92 Å². The SMILES string of the molecule is CC1=C(C(=O)N2CCN(c3ccc(F)cc3)CC2)C(c2ccc(Cl)c(Cl)c2)n2[nH]c(=O)cc2N1.CC1=C(C(=O)N2CCN(c3ccc(F)cc3)CC2)C(c2ccc(Cl)c(Cl)c2)n2c(cc(=O)n2C(=O)N(C)C)N1.CN(C)C(=O)Cl. The minimum absolute atomic E-state index is 0.125. The van der Waals surface area contributed by atoms with Gasteiger partial charge in [-0.3, -0.25) is 33.8 Å². The van der Waals surface area contributed by atoms with E-state index in [-0.39, 0.29) is 34.0 Å². The summed E-state index contributed by atoms with van der Waals surface area (Å²) in [5.41, 5.74) is 4.46. The Labute approximate surface area is 478 Å². The maximum Gasteiger partial charge on any atom is 0.345 e. The molecule has 3 N–H and O–H groups in total. The average Bonchev–Trinajstić information content (AvgIpc) is 4.17. The Morgan fingerprint density at radius 3 is 1.38 bits per heavy atom. The fraction of sp³-hybridized carbons (Fsp3) is 0.296. The fourth-order valence-electron chi connectivity index (χ4n) is 9.59. The average molecular weight is 1180 g/mol. The molecule has 2 aromatic heterocycles. The summed E-state index contributed by atoms with van der Waals surface area (Å²) in [5, 5.41) is 10.1. The molecule has 0 saturated carbocycles. The molecule has 4 aliphatic heterocycles. The molecule has 79 heavy (non-hydrogen) atoms. The van der Waals surface area contributed by atoms with Crippen molar-refractivity contribution in [3.05, 3.63) is 183 Å². The molecule has 2 saturated heterocycles. The van der Waals surface area contributed by atoms with Gasteiger partial charge in [-0.1, -0.05) is 58.5 Å². The first-order valence-corrected chi connectivity index (χ1v) is 26.6. The number of rotatable bonds is 6. The largest absolute Gasteiger partial charge is 0.368 e. The molecule has 4 aromatic carbocycles. The van der Waals surface area contributed by atoms with Crippen LogP contribution in [0.25, 0.3) is 0 Å². The van der Waals surface area contributed by atoms with Crippen LogP contribution in [0.2, 0.25) is 20.1 Å². The van der Waals surface area contributed by atoms with Gasteiger partial charge < -0.3 is 40.0 Å². The summed E-state index contributed by atoms with van der Waals surface area (Å²) in [6, 6.07) is 23.7. The minimum Gasteiger partial charge on any atom is -0.368 e. The second kappa shape index (κ2) is 24.4. The van der Waals surface area contributed by atoms with E-state index in [4.69, 9.17) is 58.0 Å². The van der Waals surface area contributed by atoms with Crippen LogP contribution in [0.5, 0.6) is 0 Å². The van der Waals surface area contributed by atoms with Crippen molar-refractivity contribution in [1.29, 1.82) is 0 Å². The highest BCUT2D eigenvalue weighted by Gasteiger charge is 2.40. The topological polar surface area (TPSA) is 176 Å². The van der Waals surface area contributed by atoms with Crippen LogP contribution >= 0.6 is 58.0 Å². The quantitative estimate of drug-likeness (QED) is 0.108. The Hall–Kier alpha value is -7.23. The third kappa shape index (κ3) is 12.6. The zero-order valence-corrected chi connectivity index (χ0v) is 47.4. The Morgan fingerprint density at radius 2 is 0.962 bits per heavy atom. The van der Waals surface area contributed by atoms with Gasteiger partial charge >= 0.3 is 11.4 Å². The monoisotopic (exact) mass is 1180 g/mol. The molecule has 4 amide bonds. The highest BCUT2D eigenvalue weighted by molar-refractivity contribution is 6.62. The number of hydrogen-bond donors (Lipinski definition) is 3. The van der Waals surface area contributed by atoms with Crippen molar-refractivity contribution in [2.75, 3.05) is 101 Å². The first-order valence-electron chi connectivity index (χ1n) is 24.7. The zero-order chi connectivity index (χ0) is 57.1. The van der Waals surface area contributed by atoms with Crippen molar-refractivity contribution < 1.29 is 28.0 Å². The molecule has 6 aromatic rings. The lowest BCUT2D eigenvalue weighted by Gasteiger charge is -2.39. The zero-order valence-electron chi connectivity index (χ0n) is 43.7. The standard InChI is InChI=1S/C27H27Cl2FN6O3.C24H22Cl2FN5O2.C3H6ClNO/c1-16-24(26(38)34-12-10-33(11-13-34)19-7-5-18(30)6-8-19)25(17-4-9-20(28)21(29)14-17)35-22(31-16)15-23(37)36(35)27(39)32(2)3;1-14-22(24(34)31-10-8-30(9-11-31)17-5-3-16(27)4-6-17)23(15-2-7-18(25)19(26)12-15)32-20(28-14)13-21(33)29-32;1-5(2)3(4)6/h4-9,14-15,25,31H,10-13H2,1-3H3;2-7,12-13,23,28H,8-11H2,1H3,(H,29,33);1-2H3. The predicted octanol–water partition coefficient (Wildman–Crippen LogP) is 9.43. The smallest absolute Gasteiger partial charge is 0.345 e. The summed E-state index contributed by atoms with van der Waals surface area (Å²) >= 11 is 29.9. The van der Waals surface area contributed by atoms with E-state index in [2.05, 4.69) is 25.5 Å². The van der Waals surface area contributed by atoms with E-state index >= 15 is 0 Å². The number of amides is 4. The Balaban J connectivity index is 0.000000190. The summed E-state index contributed by atoms with van der Waals surface area (Å²) in [6.07, 6.45) is 0. The van der Waals surface area contributed by atoms with E-state index < -0.39 is 29.0 Å². The number of nitrogens with zero attached hydrogens (tertiary/aromatic N) is 9. The molecule has 0 radical (unpaired) electrons. The number of fused-ring (bicyclic) bond motifs is 2. The number of hydrogen-bond acceptors (Lipinski definition) is 10. The van der Waals surface area contributed by atoms with Crippen LogP contribution in [-0.2, 0) is 9.59 Å². The van der Waals surface area contributed by atoms with Crippen molar-refractivity contribution in [1.82, 2.24) is 38.7 Å². The lowest BCUT2D eigenvalue weighted by molar-refractivity contribution is -0.128. The first-order chi connectivity index (χ1) is 37.5.